The summed E-state index contributed by atoms with van der Waals surface area (Å²) in [5, 5.41) is 0. The quantitative estimate of drug-likeness (QED) is 0.501. The van der Waals surface area contributed by atoms with Crippen molar-refractivity contribution in [2.45, 2.75) is 39.0 Å². The molecule has 50 valence electrons. The fourth-order valence-corrected chi connectivity index (χ4v) is 3.86. The summed E-state index contributed by atoms with van der Waals surface area (Å²) in [5.41, 5.74) is 1.91. The largest absolute Gasteiger partial charge is 0.0648 e. The Morgan fingerprint density at radius 3 is 2.67 bits per heavy atom. The summed E-state index contributed by atoms with van der Waals surface area (Å²) in [6.07, 6.45) is 7.81. The van der Waals surface area contributed by atoms with Crippen molar-refractivity contribution in [2.75, 3.05) is 0 Å². The van der Waals surface area contributed by atoms with E-state index in [0.29, 0.717) is 0 Å². The fraction of sp³-hybridized carbons (Fsp3) is 1.00. The predicted octanol–water partition coefficient (Wildman–Crippen LogP) is 2.59. The molecule has 3 aliphatic carbocycles. The lowest BCUT2D eigenvalue weighted by atomic mass is 9.87. The molecular formula is C9H14. The Hall–Kier alpha value is 0. The van der Waals surface area contributed by atoms with Crippen molar-refractivity contribution in [3.63, 3.8) is 0 Å². The second kappa shape index (κ2) is 0.980. The Labute approximate surface area is 56.6 Å². The topological polar surface area (TPSA) is 0 Å². The minimum absolute atomic E-state index is 0.938. The summed E-state index contributed by atoms with van der Waals surface area (Å²) in [5.74, 6) is 1.23. The zero-order chi connectivity index (χ0) is 6.11. The lowest BCUT2D eigenvalue weighted by Gasteiger charge is -2.17. The summed E-state index contributed by atoms with van der Waals surface area (Å²) in [7, 11) is 0. The highest BCUT2D eigenvalue weighted by Gasteiger charge is 2.87. The maximum Gasteiger partial charge on any atom is -0.0201 e. The van der Waals surface area contributed by atoms with E-state index >= 15 is 0 Å². The van der Waals surface area contributed by atoms with Crippen LogP contribution in [0.5, 0.6) is 0 Å². The molecule has 0 aromatic carbocycles. The van der Waals surface area contributed by atoms with Gasteiger partial charge in [-0.3, -0.25) is 0 Å². The third-order valence-electron chi connectivity index (χ3n) is 4.53. The molecule has 0 radical (unpaired) electrons. The van der Waals surface area contributed by atoms with Crippen molar-refractivity contribution in [3.05, 3.63) is 0 Å². The van der Waals surface area contributed by atoms with Gasteiger partial charge in [0.25, 0.3) is 0 Å². The van der Waals surface area contributed by atoms with E-state index in [-0.39, 0.29) is 0 Å². The molecule has 3 saturated carbocycles. The van der Waals surface area contributed by atoms with E-state index in [1.807, 2.05) is 0 Å². The van der Waals surface area contributed by atoms with Crippen LogP contribution in [0.2, 0.25) is 0 Å². The third kappa shape index (κ3) is 0.264. The molecule has 3 unspecified atom stereocenters. The Balaban J connectivity index is 1.98. The van der Waals surface area contributed by atoms with Crippen LogP contribution in [-0.4, -0.2) is 0 Å². The number of hydrogen-bond acceptors (Lipinski definition) is 0. The third-order valence-corrected chi connectivity index (χ3v) is 4.53. The summed E-state index contributed by atoms with van der Waals surface area (Å²) >= 11 is 0. The smallest absolute Gasteiger partial charge is 0.0201 e. The van der Waals surface area contributed by atoms with Gasteiger partial charge in [0.15, 0.2) is 0 Å². The van der Waals surface area contributed by atoms with Crippen LogP contribution in [0.3, 0.4) is 0 Å². The van der Waals surface area contributed by atoms with E-state index in [2.05, 4.69) is 6.92 Å². The minimum atomic E-state index is 0.938. The van der Waals surface area contributed by atoms with Crippen molar-refractivity contribution >= 4 is 0 Å². The maximum atomic E-state index is 2.39. The van der Waals surface area contributed by atoms with E-state index < -0.39 is 0 Å². The first-order chi connectivity index (χ1) is 4.36. The van der Waals surface area contributed by atoms with Crippen molar-refractivity contribution in [3.8, 4) is 0 Å². The van der Waals surface area contributed by atoms with Crippen LogP contribution in [0.4, 0.5) is 0 Å². The molecule has 3 fully saturated rings. The summed E-state index contributed by atoms with van der Waals surface area (Å²) in [6.45, 7) is 2.39. The zero-order valence-corrected chi connectivity index (χ0v) is 6.11. The average Bonchev–Trinajstić information content (AvgIpc) is 2.65. The summed E-state index contributed by atoms with van der Waals surface area (Å²) in [6, 6.07) is 0. The molecule has 0 bridgehead atoms. The molecule has 3 aliphatic rings. The highest BCUT2D eigenvalue weighted by Crippen LogP contribution is 2.95. The molecule has 0 amide bonds. The molecule has 3 rings (SSSR count). The summed E-state index contributed by atoms with van der Waals surface area (Å²) < 4.78 is 0. The van der Waals surface area contributed by atoms with Crippen molar-refractivity contribution < 1.29 is 0 Å². The molecule has 0 heteroatoms. The van der Waals surface area contributed by atoms with E-state index in [0.717, 1.165) is 10.8 Å². The van der Waals surface area contributed by atoms with Crippen LogP contribution in [0.25, 0.3) is 0 Å². The molecule has 1 spiro atoms. The van der Waals surface area contributed by atoms with E-state index in [4.69, 9.17) is 0 Å². The molecule has 0 N–H and O–H groups in total. The Kier molecular flexibility index (Phi) is 0.518. The SMILES string of the molecule is CCC12CCCC13CC23. The van der Waals surface area contributed by atoms with Crippen molar-refractivity contribution in [1.82, 2.24) is 0 Å². The predicted molar refractivity (Wildman–Crippen MR) is 37.1 cm³/mol. The van der Waals surface area contributed by atoms with Crippen LogP contribution in [0, 0.1) is 16.7 Å². The molecule has 3 atom stereocenters. The summed E-state index contributed by atoms with van der Waals surface area (Å²) in [4.78, 5) is 0. The average molecular weight is 122 g/mol. The van der Waals surface area contributed by atoms with Gasteiger partial charge in [-0.15, -0.1) is 0 Å². The first-order valence-corrected chi connectivity index (χ1v) is 4.36. The Morgan fingerprint density at radius 2 is 2.33 bits per heavy atom. The molecule has 0 heterocycles. The standard InChI is InChI=1S/C9H14/c1-2-8-4-3-5-9(8)6-7(8)9/h7H,2-6H2,1H3. The molecular weight excluding hydrogens is 108 g/mol. The number of fused-ring (bicyclic) bond motifs is 1. The Morgan fingerprint density at radius 1 is 1.44 bits per heavy atom. The van der Waals surface area contributed by atoms with Gasteiger partial charge in [0.1, 0.15) is 0 Å². The van der Waals surface area contributed by atoms with Crippen LogP contribution >= 0.6 is 0 Å². The van der Waals surface area contributed by atoms with E-state index in [1.54, 1.807) is 25.7 Å². The lowest BCUT2D eigenvalue weighted by Crippen LogP contribution is -2.08. The maximum absolute atomic E-state index is 2.39. The van der Waals surface area contributed by atoms with Gasteiger partial charge >= 0.3 is 0 Å². The first-order valence-electron chi connectivity index (χ1n) is 4.36. The second-order valence-electron chi connectivity index (χ2n) is 4.28. The Bertz CT molecular complexity index is 173. The molecule has 0 aromatic heterocycles. The zero-order valence-electron chi connectivity index (χ0n) is 6.11. The normalized spacial score (nSPS) is 67.0. The highest BCUT2D eigenvalue weighted by atomic mass is 14.9. The molecule has 0 aliphatic heterocycles. The van der Waals surface area contributed by atoms with Gasteiger partial charge in [0.05, 0.1) is 0 Å². The van der Waals surface area contributed by atoms with Gasteiger partial charge in [-0.05, 0) is 42.4 Å². The minimum Gasteiger partial charge on any atom is -0.0648 e. The molecule has 0 nitrogen and oxygen atoms in total. The van der Waals surface area contributed by atoms with Crippen LogP contribution in [-0.2, 0) is 0 Å². The molecule has 0 saturated heterocycles. The van der Waals surface area contributed by atoms with Crippen molar-refractivity contribution in [2.24, 2.45) is 16.7 Å². The molecule has 0 aromatic rings. The highest BCUT2D eigenvalue weighted by molar-refractivity contribution is 5.36. The second-order valence-corrected chi connectivity index (χ2v) is 4.28. The van der Waals surface area contributed by atoms with Gasteiger partial charge in [0, 0.05) is 0 Å². The van der Waals surface area contributed by atoms with Crippen LogP contribution in [0.15, 0.2) is 0 Å². The van der Waals surface area contributed by atoms with Gasteiger partial charge in [-0.1, -0.05) is 13.3 Å². The van der Waals surface area contributed by atoms with E-state index in [9.17, 15) is 0 Å². The van der Waals surface area contributed by atoms with Gasteiger partial charge in [-0.2, -0.15) is 0 Å². The number of rotatable bonds is 1. The fourth-order valence-electron chi connectivity index (χ4n) is 3.86. The van der Waals surface area contributed by atoms with Gasteiger partial charge in [-0.25, -0.2) is 0 Å². The van der Waals surface area contributed by atoms with Gasteiger partial charge in [0.2, 0.25) is 0 Å². The molecule has 9 heavy (non-hydrogen) atoms. The lowest BCUT2D eigenvalue weighted by molar-refractivity contribution is 0.323. The number of hydrogen-bond donors (Lipinski definition) is 0. The monoisotopic (exact) mass is 122 g/mol. The van der Waals surface area contributed by atoms with E-state index in [1.165, 1.54) is 12.3 Å². The van der Waals surface area contributed by atoms with Crippen LogP contribution < -0.4 is 0 Å². The van der Waals surface area contributed by atoms with Gasteiger partial charge < -0.3 is 0 Å². The van der Waals surface area contributed by atoms with Crippen LogP contribution in [0.1, 0.15) is 39.0 Å². The van der Waals surface area contributed by atoms with Crippen molar-refractivity contribution in [1.29, 1.82) is 0 Å². The first kappa shape index (κ1) is 4.76.